The lowest BCUT2D eigenvalue weighted by Crippen LogP contribution is -2.46. The molecule has 6 nitrogen and oxygen atoms in total. The van der Waals surface area contributed by atoms with Crippen LogP contribution in [0.1, 0.15) is 51.2 Å². The van der Waals surface area contributed by atoms with E-state index >= 15 is 0 Å². The van der Waals surface area contributed by atoms with E-state index in [0.29, 0.717) is 39.3 Å². The zero-order chi connectivity index (χ0) is 22.9. The average Bonchev–Trinajstić information content (AvgIpc) is 3.14. The molecule has 1 aromatic carbocycles. The first-order valence-corrected chi connectivity index (χ1v) is 10.9. The van der Waals surface area contributed by atoms with Crippen molar-refractivity contribution in [2.45, 2.75) is 54.1 Å². The minimum absolute atomic E-state index is 0.0362. The van der Waals surface area contributed by atoms with Gasteiger partial charge in [0.1, 0.15) is 11.5 Å². The van der Waals surface area contributed by atoms with Gasteiger partial charge < -0.3 is 19.0 Å². The summed E-state index contributed by atoms with van der Waals surface area (Å²) in [5.41, 5.74) is 0.470. The Morgan fingerprint density at radius 3 is 2.29 bits per heavy atom. The smallest absolute Gasteiger partial charge is 0.242 e. The third-order valence-corrected chi connectivity index (χ3v) is 4.89. The molecular formula is C25H36N2O4. The van der Waals surface area contributed by atoms with E-state index in [-0.39, 0.29) is 18.4 Å². The van der Waals surface area contributed by atoms with Crippen LogP contribution in [0.15, 0.2) is 46.9 Å². The molecule has 0 bridgehead atoms. The Morgan fingerprint density at radius 2 is 1.71 bits per heavy atom. The highest BCUT2D eigenvalue weighted by Crippen LogP contribution is 2.19. The fraction of sp³-hybridized carbons (Fsp3) is 0.520. The zero-order valence-electron chi connectivity index (χ0n) is 19.5. The van der Waals surface area contributed by atoms with Crippen LogP contribution in [0.3, 0.4) is 0 Å². The first-order chi connectivity index (χ1) is 14.7. The Balaban J connectivity index is 2.16. The van der Waals surface area contributed by atoms with Gasteiger partial charge >= 0.3 is 0 Å². The summed E-state index contributed by atoms with van der Waals surface area (Å²) >= 11 is 0. The van der Waals surface area contributed by atoms with Crippen LogP contribution >= 0.6 is 0 Å². The molecular weight excluding hydrogens is 392 g/mol. The number of benzene rings is 1. The second kappa shape index (κ2) is 11.7. The highest BCUT2D eigenvalue weighted by atomic mass is 16.5. The number of nitrogens with zero attached hydrogens (tertiary/aromatic N) is 2. The molecule has 0 saturated carbocycles. The molecule has 0 aliphatic carbocycles. The fourth-order valence-electron chi connectivity index (χ4n) is 3.29. The largest absolute Gasteiger partial charge is 0.464 e. The summed E-state index contributed by atoms with van der Waals surface area (Å²) in [5.74, 6) is 1.40. The lowest BCUT2D eigenvalue weighted by Gasteiger charge is -2.31. The highest BCUT2D eigenvalue weighted by molar-refractivity contribution is 5.87. The molecule has 0 radical (unpaired) electrons. The molecule has 2 aromatic rings. The van der Waals surface area contributed by atoms with E-state index in [9.17, 15) is 9.59 Å². The van der Waals surface area contributed by atoms with Crippen molar-refractivity contribution in [2.75, 3.05) is 26.3 Å². The van der Waals surface area contributed by atoms with Crippen LogP contribution in [-0.2, 0) is 27.4 Å². The summed E-state index contributed by atoms with van der Waals surface area (Å²) < 4.78 is 11.1. The van der Waals surface area contributed by atoms with E-state index in [1.54, 1.807) is 9.80 Å². The van der Waals surface area contributed by atoms with Crippen LogP contribution in [-0.4, -0.2) is 47.9 Å². The Hall–Kier alpha value is -2.60. The van der Waals surface area contributed by atoms with E-state index in [2.05, 4.69) is 0 Å². The molecule has 6 heteroatoms. The summed E-state index contributed by atoms with van der Waals surface area (Å²) in [6.45, 7) is 12.0. The predicted molar refractivity (Wildman–Crippen MR) is 121 cm³/mol. The molecule has 0 unspecified atom stereocenters. The van der Waals surface area contributed by atoms with Gasteiger partial charge in [0.25, 0.3) is 0 Å². The van der Waals surface area contributed by atoms with Crippen LogP contribution in [0.4, 0.5) is 0 Å². The third kappa shape index (κ3) is 8.21. The van der Waals surface area contributed by atoms with Gasteiger partial charge in [-0.1, -0.05) is 51.1 Å². The second-order valence-electron chi connectivity index (χ2n) is 8.77. The van der Waals surface area contributed by atoms with E-state index in [1.807, 2.05) is 77.1 Å². The van der Waals surface area contributed by atoms with E-state index in [4.69, 9.17) is 9.15 Å². The van der Waals surface area contributed by atoms with Crippen LogP contribution in [0.5, 0.6) is 0 Å². The number of carbonyl (C=O) groups excluding carboxylic acids is 2. The number of aryl methyl sites for hydroxylation is 1. The number of carbonyl (C=O) groups is 2. The maximum Gasteiger partial charge on any atom is 0.242 e. The molecule has 0 spiro atoms. The van der Waals surface area contributed by atoms with Gasteiger partial charge in [0.15, 0.2) is 0 Å². The van der Waals surface area contributed by atoms with Gasteiger partial charge in [-0.25, -0.2) is 0 Å². The van der Waals surface area contributed by atoms with E-state index in [1.165, 1.54) is 0 Å². The van der Waals surface area contributed by atoms with Gasteiger partial charge in [-0.05, 0) is 38.0 Å². The maximum atomic E-state index is 13.3. The van der Waals surface area contributed by atoms with Crippen LogP contribution in [0, 0.1) is 12.3 Å². The Bertz CT molecular complexity index is 824. The van der Waals surface area contributed by atoms with Crippen molar-refractivity contribution >= 4 is 11.8 Å². The van der Waals surface area contributed by atoms with Crippen molar-refractivity contribution in [2.24, 2.45) is 5.41 Å². The molecule has 0 N–H and O–H groups in total. The molecule has 0 fully saturated rings. The van der Waals surface area contributed by atoms with Crippen molar-refractivity contribution < 1.29 is 18.7 Å². The normalized spacial score (nSPS) is 11.4. The summed E-state index contributed by atoms with van der Waals surface area (Å²) in [6.07, 6.45) is 0.693. The average molecular weight is 429 g/mol. The molecule has 0 saturated heterocycles. The lowest BCUT2D eigenvalue weighted by atomic mass is 9.94. The molecule has 170 valence electrons. The molecule has 1 heterocycles. The SMILES string of the molecule is CCOCCCN(CC(=O)N(Cc1ccccc1)Cc1ccc(C)o1)C(=O)C(C)(C)C. The minimum atomic E-state index is -0.561. The number of ether oxygens (including phenoxy) is 1. The standard InChI is InChI=1S/C25H36N2O4/c1-6-30-16-10-15-26(24(29)25(3,4)5)19-23(28)27(17-21-11-8-7-9-12-21)18-22-14-13-20(2)31-22/h7-9,11-14H,6,10,15-19H2,1-5H3. The summed E-state index contributed by atoms with van der Waals surface area (Å²) in [5, 5.41) is 0. The van der Waals surface area contributed by atoms with Gasteiger partial charge in [0.2, 0.25) is 11.8 Å². The first kappa shape index (κ1) is 24.7. The first-order valence-electron chi connectivity index (χ1n) is 10.9. The number of rotatable bonds is 11. The lowest BCUT2D eigenvalue weighted by molar-refractivity contribution is -0.146. The van der Waals surface area contributed by atoms with Gasteiger partial charge in [0, 0.05) is 31.7 Å². The quantitative estimate of drug-likeness (QED) is 0.497. The van der Waals surface area contributed by atoms with Gasteiger partial charge in [0.05, 0.1) is 13.1 Å². The Labute approximate surface area is 186 Å². The third-order valence-electron chi connectivity index (χ3n) is 4.89. The zero-order valence-corrected chi connectivity index (χ0v) is 19.5. The number of furan rings is 1. The van der Waals surface area contributed by atoms with Crippen LogP contribution < -0.4 is 0 Å². The number of hydrogen-bond acceptors (Lipinski definition) is 4. The van der Waals surface area contributed by atoms with Crippen LogP contribution in [0.2, 0.25) is 0 Å². The molecule has 0 atom stereocenters. The summed E-state index contributed by atoms with van der Waals surface area (Å²) in [6, 6.07) is 13.6. The van der Waals surface area contributed by atoms with E-state index in [0.717, 1.165) is 17.1 Å². The molecule has 31 heavy (non-hydrogen) atoms. The van der Waals surface area contributed by atoms with Crippen molar-refractivity contribution in [3.8, 4) is 0 Å². The van der Waals surface area contributed by atoms with E-state index < -0.39 is 5.41 Å². The predicted octanol–water partition coefficient (Wildman–Crippen LogP) is 4.42. The monoisotopic (exact) mass is 428 g/mol. The van der Waals surface area contributed by atoms with Crippen LogP contribution in [0.25, 0.3) is 0 Å². The molecule has 0 aliphatic heterocycles. The molecule has 1 aromatic heterocycles. The Kier molecular flexibility index (Phi) is 9.31. The molecule has 0 aliphatic rings. The van der Waals surface area contributed by atoms with Gasteiger partial charge in [-0.15, -0.1) is 0 Å². The molecule has 2 rings (SSSR count). The molecule has 2 amide bonds. The maximum absolute atomic E-state index is 13.3. The summed E-state index contributed by atoms with van der Waals surface area (Å²) in [4.78, 5) is 29.8. The Morgan fingerprint density at radius 1 is 1.00 bits per heavy atom. The summed E-state index contributed by atoms with van der Waals surface area (Å²) in [7, 11) is 0. The van der Waals surface area contributed by atoms with Crippen molar-refractivity contribution in [1.82, 2.24) is 9.80 Å². The minimum Gasteiger partial charge on any atom is -0.464 e. The van der Waals surface area contributed by atoms with Crippen molar-refractivity contribution in [3.05, 3.63) is 59.5 Å². The fourth-order valence-corrected chi connectivity index (χ4v) is 3.29. The van der Waals surface area contributed by atoms with Gasteiger partial charge in [-0.3, -0.25) is 9.59 Å². The van der Waals surface area contributed by atoms with Crippen molar-refractivity contribution in [3.63, 3.8) is 0 Å². The topological polar surface area (TPSA) is 63.0 Å². The second-order valence-corrected chi connectivity index (χ2v) is 8.77. The highest BCUT2D eigenvalue weighted by Gasteiger charge is 2.29. The number of amides is 2. The van der Waals surface area contributed by atoms with Crippen molar-refractivity contribution in [1.29, 1.82) is 0 Å². The number of hydrogen-bond donors (Lipinski definition) is 0. The van der Waals surface area contributed by atoms with Gasteiger partial charge in [-0.2, -0.15) is 0 Å².